The Morgan fingerprint density at radius 3 is 2.78 bits per heavy atom. The van der Waals surface area contributed by atoms with Crippen LogP contribution >= 0.6 is 0 Å². The second kappa shape index (κ2) is 5.23. The molecule has 1 heterocycles. The minimum atomic E-state index is -0.286. The average molecular weight is 246 g/mol. The Labute approximate surface area is 107 Å². The van der Waals surface area contributed by atoms with Crippen molar-refractivity contribution >= 4 is 16.9 Å². The number of esters is 1. The van der Waals surface area contributed by atoms with E-state index in [9.17, 15) is 4.79 Å². The molecule has 1 aromatic carbocycles. The molecule has 0 unspecified atom stereocenters. The number of benzene rings is 1. The van der Waals surface area contributed by atoms with Gasteiger partial charge in [-0.25, -0.2) is 4.79 Å². The van der Waals surface area contributed by atoms with E-state index in [1.165, 1.54) is 7.11 Å². The van der Waals surface area contributed by atoms with Gasteiger partial charge in [-0.05, 0) is 32.3 Å². The van der Waals surface area contributed by atoms with Crippen molar-refractivity contribution in [1.82, 2.24) is 9.47 Å². The van der Waals surface area contributed by atoms with E-state index in [1.54, 1.807) is 6.07 Å². The van der Waals surface area contributed by atoms with Crippen LogP contribution in [0.15, 0.2) is 30.5 Å². The molecule has 0 aliphatic carbocycles. The first-order valence-corrected chi connectivity index (χ1v) is 5.94. The zero-order valence-corrected chi connectivity index (χ0v) is 11.0. The number of rotatable bonds is 4. The Morgan fingerprint density at radius 2 is 2.11 bits per heavy atom. The highest BCUT2D eigenvalue weighted by Crippen LogP contribution is 2.21. The first-order chi connectivity index (χ1) is 8.63. The molecule has 18 heavy (non-hydrogen) atoms. The fraction of sp³-hybridized carbons (Fsp3) is 0.357. The number of fused-ring (bicyclic) bond motifs is 1. The second-order valence-corrected chi connectivity index (χ2v) is 4.54. The number of aromatic nitrogens is 1. The van der Waals surface area contributed by atoms with Crippen molar-refractivity contribution < 1.29 is 9.53 Å². The van der Waals surface area contributed by atoms with Gasteiger partial charge in [0.1, 0.15) is 0 Å². The summed E-state index contributed by atoms with van der Waals surface area (Å²) in [5.74, 6) is -0.286. The van der Waals surface area contributed by atoms with Crippen molar-refractivity contribution in [3.05, 3.63) is 36.0 Å². The fourth-order valence-electron chi connectivity index (χ4n) is 2.01. The van der Waals surface area contributed by atoms with Crippen LogP contribution in [0.2, 0.25) is 0 Å². The van der Waals surface area contributed by atoms with Gasteiger partial charge in [0.2, 0.25) is 0 Å². The van der Waals surface area contributed by atoms with Crippen LogP contribution < -0.4 is 0 Å². The highest BCUT2D eigenvalue weighted by Gasteiger charge is 2.12. The SMILES string of the molecule is COC(=O)c1cccc2c1ccn2CCN(C)C. The summed E-state index contributed by atoms with van der Waals surface area (Å²) in [5.41, 5.74) is 1.69. The highest BCUT2D eigenvalue weighted by atomic mass is 16.5. The average Bonchev–Trinajstić information content (AvgIpc) is 2.78. The van der Waals surface area contributed by atoms with E-state index < -0.39 is 0 Å². The molecular weight excluding hydrogens is 228 g/mol. The number of nitrogens with zero attached hydrogens (tertiary/aromatic N) is 2. The van der Waals surface area contributed by atoms with Gasteiger partial charge in [-0.1, -0.05) is 6.07 Å². The summed E-state index contributed by atoms with van der Waals surface area (Å²) < 4.78 is 6.95. The van der Waals surface area contributed by atoms with Crippen molar-refractivity contribution in [2.24, 2.45) is 0 Å². The van der Waals surface area contributed by atoms with Gasteiger partial charge in [-0.15, -0.1) is 0 Å². The third-order valence-electron chi connectivity index (χ3n) is 3.01. The molecule has 0 N–H and O–H groups in total. The minimum Gasteiger partial charge on any atom is -0.465 e. The van der Waals surface area contributed by atoms with Gasteiger partial charge in [-0.2, -0.15) is 0 Å². The third kappa shape index (κ3) is 2.38. The Morgan fingerprint density at radius 1 is 1.33 bits per heavy atom. The van der Waals surface area contributed by atoms with Crippen LogP contribution in [0.4, 0.5) is 0 Å². The zero-order chi connectivity index (χ0) is 13.1. The largest absolute Gasteiger partial charge is 0.465 e. The first kappa shape index (κ1) is 12.6. The normalized spacial score (nSPS) is 11.1. The molecule has 0 aliphatic rings. The van der Waals surface area contributed by atoms with E-state index in [2.05, 4.69) is 9.47 Å². The van der Waals surface area contributed by atoms with Gasteiger partial charge in [0, 0.05) is 30.2 Å². The molecule has 0 saturated heterocycles. The van der Waals surface area contributed by atoms with Crippen molar-refractivity contribution in [3.63, 3.8) is 0 Å². The van der Waals surface area contributed by atoms with E-state index in [1.807, 2.05) is 38.5 Å². The molecule has 4 nitrogen and oxygen atoms in total. The maximum absolute atomic E-state index is 11.7. The monoisotopic (exact) mass is 246 g/mol. The Bertz CT molecular complexity index is 558. The number of carbonyl (C=O) groups excluding carboxylic acids is 1. The molecule has 0 spiro atoms. The molecule has 96 valence electrons. The van der Waals surface area contributed by atoms with Crippen molar-refractivity contribution in [2.45, 2.75) is 6.54 Å². The number of ether oxygens (including phenoxy) is 1. The summed E-state index contributed by atoms with van der Waals surface area (Å²) in [4.78, 5) is 13.8. The standard InChI is InChI=1S/C14H18N2O2/c1-15(2)9-10-16-8-7-11-12(14(17)18-3)5-4-6-13(11)16/h4-8H,9-10H2,1-3H3. The number of hydrogen-bond acceptors (Lipinski definition) is 3. The van der Waals surface area contributed by atoms with Gasteiger partial charge in [0.25, 0.3) is 0 Å². The van der Waals surface area contributed by atoms with Gasteiger partial charge >= 0.3 is 5.97 Å². The predicted octanol–water partition coefficient (Wildman–Crippen LogP) is 1.99. The van der Waals surface area contributed by atoms with Crippen LogP contribution in [0.3, 0.4) is 0 Å². The smallest absolute Gasteiger partial charge is 0.338 e. The number of hydrogen-bond donors (Lipinski definition) is 0. The Balaban J connectivity index is 2.39. The zero-order valence-electron chi connectivity index (χ0n) is 11.0. The summed E-state index contributed by atoms with van der Waals surface area (Å²) >= 11 is 0. The lowest BCUT2D eigenvalue weighted by Gasteiger charge is -2.11. The van der Waals surface area contributed by atoms with Gasteiger partial charge in [0.05, 0.1) is 12.7 Å². The predicted molar refractivity (Wildman–Crippen MR) is 71.8 cm³/mol. The van der Waals surface area contributed by atoms with Crippen LogP contribution in [0.5, 0.6) is 0 Å². The summed E-state index contributed by atoms with van der Waals surface area (Å²) in [6.07, 6.45) is 2.01. The van der Waals surface area contributed by atoms with E-state index in [0.29, 0.717) is 5.56 Å². The summed E-state index contributed by atoms with van der Waals surface area (Å²) in [7, 11) is 5.50. The minimum absolute atomic E-state index is 0.286. The first-order valence-electron chi connectivity index (χ1n) is 5.94. The van der Waals surface area contributed by atoms with Crippen molar-refractivity contribution in [2.75, 3.05) is 27.7 Å². The molecule has 2 aromatic rings. The highest BCUT2D eigenvalue weighted by molar-refractivity contribution is 6.03. The van der Waals surface area contributed by atoms with Crippen LogP contribution in [0.1, 0.15) is 10.4 Å². The lowest BCUT2D eigenvalue weighted by molar-refractivity contribution is 0.0603. The molecule has 0 radical (unpaired) electrons. The van der Waals surface area contributed by atoms with Gasteiger partial charge in [0.15, 0.2) is 0 Å². The van der Waals surface area contributed by atoms with Crippen LogP contribution in [-0.2, 0) is 11.3 Å². The van der Waals surface area contributed by atoms with Gasteiger partial charge < -0.3 is 14.2 Å². The van der Waals surface area contributed by atoms with Crippen LogP contribution in [0, 0.1) is 0 Å². The van der Waals surface area contributed by atoms with Crippen molar-refractivity contribution in [3.8, 4) is 0 Å². The Kier molecular flexibility index (Phi) is 3.67. The Hall–Kier alpha value is -1.81. The van der Waals surface area contributed by atoms with Gasteiger partial charge in [-0.3, -0.25) is 0 Å². The maximum atomic E-state index is 11.7. The topological polar surface area (TPSA) is 34.5 Å². The third-order valence-corrected chi connectivity index (χ3v) is 3.01. The van der Waals surface area contributed by atoms with Crippen LogP contribution in [0.25, 0.3) is 10.9 Å². The van der Waals surface area contributed by atoms with E-state index in [4.69, 9.17) is 4.74 Å². The quantitative estimate of drug-likeness (QED) is 0.774. The lowest BCUT2D eigenvalue weighted by Crippen LogP contribution is -2.17. The summed E-state index contributed by atoms with van der Waals surface area (Å²) in [6.45, 7) is 1.87. The molecule has 0 bridgehead atoms. The number of likely N-dealkylation sites (N-methyl/N-ethyl adjacent to an activating group) is 1. The fourth-order valence-corrected chi connectivity index (χ4v) is 2.01. The molecule has 1 aromatic heterocycles. The van der Waals surface area contributed by atoms with E-state index in [-0.39, 0.29) is 5.97 Å². The molecular formula is C14H18N2O2. The molecule has 0 saturated carbocycles. The van der Waals surface area contributed by atoms with Crippen molar-refractivity contribution in [1.29, 1.82) is 0 Å². The molecule has 4 heteroatoms. The second-order valence-electron chi connectivity index (χ2n) is 4.54. The summed E-state index contributed by atoms with van der Waals surface area (Å²) in [5, 5.41) is 0.947. The molecule has 0 aliphatic heterocycles. The maximum Gasteiger partial charge on any atom is 0.338 e. The van der Waals surface area contributed by atoms with Crippen LogP contribution in [-0.4, -0.2) is 43.2 Å². The lowest BCUT2D eigenvalue weighted by atomic mass is 10.1. The number of methoxy groups -OCH3 is 1. The molecule has 0 atom stereocenters. The van der Waals surface area contributed by atoms with E-state index >= 15 is 0 Å². The van der Waals surface area contributed by atoms with E-state index in [0.717, 1.165) is 24.0 Å². The number of carbonyl (C=O) groups is 1. The summed E-state index contributed by atoms with van der Waals surface area (Å²) in [6, 6.07) is 7.68. The molecule has 2 rings (SSSR count). The molecule has 0 fully saturated rings. The molecule has 0 amide bonds.